The van der Waals surface area contributed by atoms with E-state index in [1.807, 2.05) is 23.1 Å². The predicted octanol–water partition coefficient (Wildman–Crippen LogP) is 1.49. The molecule has 0 aliphatic carbocycles. The van der Waals surface area contributed by atoms with E-state index in [9.17, 15) is 4.79 Å². The molecule has 1 N–H and O–H groups in total. The molecule has 0 spiro atoms. The first-order valence-electron chi connectivity index (χ1n) is 8.79. The fraction of sp³-hybridized carbons (Fsp3) is 0.611. The van der Waals surface area contributed by atoms with Crippen molar-refractivity contribution >= 4 is 6.03 Å². The Morgan fingerprint density at radius 3 is 2.48 bits per heavy atom. The van der Waals surface area contributed by atoms with Gasteiger partial charge in [0.15, 0.2) is 11.5 Å². The quantitative estimate of drug-likeness (QED) is 0.843. The molecule has 7 nitrogen and oxygen atoms in total. The minimum absolute atomic E-state index is 0.0185. The number of carbonyl (C=O) groups excluding carboxylic acids is 1. The van der Waals surface area contributed by atoms with Crippen molar-refractivity contribution < 1.29 is 19.0 Å². The van der Waals surface area contributed by atoms with Crippen LogP contribution in [0.1, 0.15) is 18.0 Å². The summed E-state index contributed by atoms with van der Waals surface area (Å²) in [5, 5.41) is 3.08. The van der Waals surface area contributed by atoms with Crippen molar-refractivity contribution in [3.8, 4) is 11.5 Å². The van der Waals surface area contributed by atoms with E-state index in [-0.39, 0.29) is 12.1 Å². The summed E-state index contributed by atoms with van der Waals surface area (Å²) in [6.45, 7) is 5.38. The van der Waals surface area contributed by atoms with Crippen molar-refractivity contribution in [2.24, 2.45) is 0 Å². The average molecular weight is 349 g/mol. The van der Waals surface area contributed by atoms with Crippen molar-refractivity contribution in [3.05, 3.63) is 23.8 Å². The van der Waals surface area contributed by atoms with Gasteiger partial charge in [0.1, 0.15) is 0 Å². The first-order valence-corrected chi connectivity index (χ1v) is 8.79. The van der Waals surface area contributed by atoms with Crippen LogP contribution in [0, 0.1) is 0 Å². The SMILES string of the molecule is COc1ccc([C@H](CNC(=O)N2CCC2)N2CCOCC2)cc1OC. The fourth-order valence-corrected chi connectivity index (χ4v) is 3.22. The molecule has 1 atom stereocenters. The summed E-state index contributed by atoms with van der Waals surface area (Å²) in [5.74, 6) is 1.41. The molecule has 2 heterocycles. The summed E-state index contributed by atoms with van der Waals surface area (Å²) in [4.78, 5) is 16.4. The van der Waals surface area contributed by atoms with Gasteiger partial charge in [0, 0.05) is 32.7 Å². The Hall–Kier alpha value is -1.99. The molecule has 2 aliphatic heterocycles. The number of benzene rings is 1. The highest BCUT2D eigenvalue weighted by molar-refractivity contribution is 5.74. The zero-order valence-corrected chi connectivity index (χ0v) is 15.0. The molecule has 2 amide bonds. The average Bonchev–Trinajstić information content (AvgIpc) is 2.61. The lowest BCUT2D eigenvalue weighted by Crippen LogP contribution is -2.50. The van der Waals surface area contributed by atoms with Crippen LogP contribution < -0.4 is 14.8 Å². The van der Waals surface area contributed by atoms with Gasteiger partial charge in [0.25, 0.3) is 0 Å². The number of urea groups is 1. The molecule has 2 fully saturated rings. The number of morpholine rings is 1. The van der Waals surface area contributed by atoms with Crippen molar-refractivity contribution in [2.75, 3.05) is 60.2 Å². The Morgan fingerprint density at radius 2 is 1.88 bits per heavy atom. The van der Waals surface area contributed by atoms with Gasteiger partial charge in [-0.3, -0.25) is 4.90 Å². The van der Waals surface area contributed by atoms with E-state index >= 15 is 0 Å². The van der Waals surface area contributed by atoms with Gasteiger partial charge >= 0.3 is 6.03 Å². The predicted molar refractivity (Wildman–Crippen MR) is 94.3 cm³/mol. The molecule has 25 heavy (non-hydrogen) atoms. The van der Waals surface area contributed by atoms with E-state index in [0.29, 0.717) is 31.3 Å². The molecule has 0 aromatic heterocycles. The topological polar surface area (TPSA) is 63.3 Å². The van der Waals surface area contributed by atoms with Gasteiger partial charge in [0.2, 0.25) is 0 Å². The van der Waals surface area contributed by atoms with Gasteiger partial charge < -0.3 is 24.4 Å². The minimum Gasteiger partial charge on any atom is -0.493 e. The molecule has 1 aromatic carbocycles. The molecular formula is C18H27N3O4. The molecule has 0 unspecified atom stereocenters. The fourth-order valence-electron chi connectivity index (χ4n) is 3.22. The number of hydrogen-bond acceptors (Lipinski definition) is 5. The smallest absolute Gasteiger partial charge is 0.317 e. The molecular weight excluding hydrogens is 322 g/mol. The van der Waals surface area contributed by atoms with E-state index in [0.717, 1.165) is 38.2 Å². The molecule has 2 aliphatic rings. The van der Waals surface area contributed by atoms with E-state index in [2.05, 4.69) is 10.2 Å². The van der Waals surface area contributed by atoms with Crippen LogP contribution in [-0.4, -0.2) is 76.0 Å². The number of nitrogens with one attached hydrogen (secondary N) is 1. The van der Waals surface area contributed by atoms with Gasteiger partial charge in [0.05, 0.1) is 33.5 Å². The highest BCUT2D eigenvalue weighted by Gasteiger charge is 2.26. The van der Waals surface area contributed by atoms with Gasteiger partial charge in [-0.25, -0.2) is 4.79 Å². The Morgan fingerprint density at radius 1 is 1.16 bits per heavy atom. The zero-order chi connectivity index (χ0) is 17.6. The van der Waals surface area contributed by atoms with E-state index in [1.165, 1.54) is 0 Å². The first kappa shape index (κ1) is 17.8. The number of ether oxygens (including phenoxy) is 3. The van der Waals surface area contributed by atoms with Crippen LogP contribution in [0.4, 0.5) is 4.79 Å². The summed E-state index contributed by atoms with van der Waals surface area (Å²) in [6, 6.07) is 6.05. The van der Waals surface area contributed by atoms with Gasteiger partial charge in [-0.05, 0) is 24.1 Å². The van der Waals surface area contributed by atoms with E-state index in [4.69, 9.17) is 14.2 Å². The van der Waals surface area contributed by atoms with Crippen LogP contribution in [0.15, 0.2) is 18.2 Å². The number of carbonyl (C=O) groups is 1. The number of rotatable bonds is 6. The molecule has 138 valence electrons. The minimum atomic E-state index is 0.0185. The number of methoxy groups -OCH3 is 2. The van der Waals surface area contributed by atoms with Crippen LogP contribution in [0.25, 0.3) is 0 Å². The Kier molecular flexibility index (Phi) is 5.99. The molecule has 0 bridgehead atoms. The Labute approximate surface area is 148 Å². The van der Waals surface area contributed by atoms with Crippen LogP contribution >= 0.6 is 0 Å². The summed E-state index contributed by atoms with van der Waals surface area (Å²) in [5.41, 5.74) is 1.10. The lowest BCUT2D eigenvalue weighted by Gasteiger charge is -2.36. The van der Waals surface area contributed by atoms with Crippen LogP contribution in [0.5, 0.6) is 11.5 Å². The first-order chi connectivity index (χ1) is 12.2. The highest BCUT2D eigenvalue weighted by Crippen LogP contribution is 2.32. The molecule has 1 aromatic rings. The standard InChI is InChI=1S/C18H27N3O4/c1-23-16-5-4-14(12-17(16)24-2)15(20-8-10-25-11-9-20)13-19-18(22)21-6-3-7-21/h4-5,12,15H,3,6-11,13H2,1-2H3,(H,19,22)/t15-/m0/s1. The van der Waals surface area contributed by atoms with E-state index in [1.54, 1.807) is 14.2 Å². The van der Waals surface area contributed by atoms with Crippen molar-refractivity contribution in [2.45, 2.75) is 12.5 Å². The Bertz CT molecular complexity index is 586. The number of likely N-dealkylation sites (tertiary alicyclic amines) is 1. The Balaban J connectivity index is 1.76. The number of amides is 2. The van der Waals surface area contributed by atoms with Crippen molar-refractivity contribution in [1.82, 2.24) is 15.1 Å². The third-order valence-corrected chi connectivity index (χ3v) is 4.87. The lowest BCUT2D eigenvalue weighted by atomic mass is 10.0. The van der Waals surface area contributed by atoms with Gasteiger partial charge in [-0.15, -0.1) is 0 Å². The monoisotopic (exact) mass is 349 g/mol. The summed E-state index contributed by atoms with van der Waals surface area (Å²) < 4.78 is 16.2. The number of hydrogen-bond donors (Lipinski definition) is 1. The third kappa shape index (κ3) is 4.16. The van der Waals surface area contributed by atoms with Gasteiger partial charge in [-0.1, -0.05) is 6.07 Å². The van der Waals surface area contributed by atoms with Crippen LogP contribution in [-0.2, 0) is 4.74 Å². The van der Waals surface area contributed by atoms with Crippen LogP contribution in [0.3, 0.4) is 0 Å². The summed E-state index contributed by atoms with van der Waals surface area (Å²) >= 11 is 0. The second kappa shape index (κ2) is 8.40. The van der Waals surface area contributed by atoms with Gasteiger partial charge in [-0.2, -0.15) is 0 Å². The summed E-state index contributed by atoms with van der Waals surface area (Å²) in [7, 11) is 3.27. The molecule has 0 radical (unpaired) electrons. The lowest BCUT2D eigenvalue weighted by molar-refractivity contribution is 0.0163. The normalized spacial score (nSPS) is 19.0. The van der Waals surface area contributed by atoms with Crippen molar-refractivity contribution in [3.63, 3.8) is 0 Å². The second-order valence-electron chi connectivity index (χ2n) is 6.31. The third-order valence-electron chi connectivity index (χ3n) is 4.87. The largest absolute Gasteiger partial charge is 0.493 e. The number of nitrogens with zero attached hydrogens (tertiary/aromatic N) is 2. The zero-order valence-electron chi connectivity index (χ0n) is 15.0. The second-order valence-corrected chi connectivity index (χ2v) is 6.31. The molecule has 7 heteroatoms. The maximum Gasteiger partial charge on any atom is 0.317 e. The van der Waals surface area contributed by atoms with Crippen molar-refractivity contribution in [1.29, 1.82) is 0 Å². The van der Waals surface area contributed by atoms with E-state index < -0.39 is 0 Å². The summed E-state index contributed by atoms with van der Waals surface area (Å²) in [6.07, 6.45) is 1.09. The molecule has 2 saturated heterocycles. The molecule has 3 rings (SSSR count). The maximum atomic E-state index is 12.2. The maximum absolute atomic E-state index is 12.2. The highest BCUT2D eigenvalue weighted by atomic mass is 16.5. The van der Waals surface area contributed by atoms with Crippen LogP contribution in [0.2, 0.25) is 0 Å². The molecule has 0 saturated carbocycles.